The molecular weight excluding hydrogens is 238 g/mol. The summed E-state index contributed by atoms with van der Waals surface area (Å²) in [6.07, 6.45) is 8.17. The second-order valence-corrected chi connectivity index (χ2v) is 6.22. The molecule has 0 amide bonds. The van der Waals surface area contributed by atoms with E-state index in [1.54, 1.807) is 0 Å². The first-order chi connectivity index (χ1) is 9.11. The highest BCUT2D eigenvalue weighted by Crippen LogP contribution is 2.29. The highest BCUT2D eigenvalue weighted by Gasteiger charge is 2.21. The first-order valence-corrected chi connectivity index (χ1v) is 8.00. The van der Waals surface area contributed by atoms with Crippen molar-refractivity contribution in [2.75, 3.05) is 13.2 Å². The quantitative estimate of drug-likeness (QED) is 0.541. The predicted octanol–water partition coefficient (Wildman–Crippen LogP) is 3.52. The molecular formula is C16H31NO2. The average Bonchev–Trinajstić information content (AvgIpc) is 2.35. The summed E-state index contributed by atoms with van der Waals surface area (Å²) in [5.41, 5.74) is 0. The topological polar surface area (TPSA) is 38.3 Å². The van der Waals surface area contributed by atoms with Crippen molar-refractivity contribution in [2.24, 2.45) is 11.8 Å². The molecule has 0 aromatic heterocycles. The second-order valence-electron chi connectivity index (χ2n) is 6.22. The van der Waals surface area contributed by atoms with Crippen LogP contribution in [0.1, 0.15) is 65.7 Å². The predicted molar refractivity (Wildman–Crippen MR) is 79.1 cm³/mol. The Morgan fingerprint density at radius 2 is 2.16 bits per heavy atom. The summed E-state index contributed by atoms with van der Waals surface area (Å²) in [6.45, 7) is 7.92. The number of carbonyl (C=O) groups is 1. The minimum absolute atomic E-state index is 0.0642. The molecule has 2 atom stereocenters. The minimum Gasteiger partial charge on any atom is -0.466 e. The van der Waals surface area contributed by atoms with E-state index >= 15 is 0 Å². The van der Waals surface area contributed by atoms with E-state index in [0.29, 0.717) is 19.1 Å². The zero-order valence-electron chi connectivity index (χ0n) is 12.9. The Morgan fingerprint density at radius 1 is 1.37 bits per heavy atom. The van der Waals surface area contributed by atoms with Gasteiger partial charge in [-0.2, -0.15) is 0 Å². The summed E-state index contributed by atoms with van der Waals surface area (Å²) in [6, 6.07) is 0.666. The maximum atomic E-state index is 11.2. The summed E-state index contributed by atoms with van der Waals surface area (Å²) in [4.78, 5) is 11.2. The van der Waals surface area contributed by atoms with Gasteiger partial charge in [-0.25, -0.2) is 0 Å². The van der Waals surface area contributed by atoms with Crippen LogP contribution in [0.25, 0.3) is 0 Å². The van der Waals surface area contributed by atoms with Gasteiger partial charge in [-0.15, -0.1) is 0 Å². The van der Waals surface area contributed by atoms with Gasteiger partial charge < -0.3 is 10.1 Å². The molecule has 1 rings (SSSR count). The maximum Gasteiger partial charge on any atom is 0.305 e. The SMILES string of the molecule is CCOC(=O)CCCNC1CCCC(CC(C)C)C1. The van der Waals surface area contributed by atoms with Crippen molar-refractivity contribution < 1.29 is 9.53 Å². The molecule has 19 heavy (non-hydrogen) atoms. The van der Waals surface area contributed by atoms with Crippen LogP contribution in [0.2, 0.25) is 0 Å². The number of hydrogen-bond donors (Lipinski definition) is 1. The van der Waals surface area contributed by atoms with Gasteiger partial charge in [0.1, 0.15) is 0 Å². The molecule has 3 nitrogen and oxygen atoms in total. The zero-order chi connectivity index (χ0) is 14.1. The monoisotopic (exact) mass is 269 g/mol. The van der Waals surface area contributed by atoms with Crippen LogP contribution >= 0.6 is 0 Å². The van der Waals surface area contributed by atoms with Crippen LogP contribution in [0, 0.1) is 11.8 Å². The van der Waals surface area contributed by atoms with Crippen LogP contribution in [0.15, 0.2) is 0 Å². The Labute approximate surface area is 118 Å². The van der Waals surface area contributed by atoms with Gasteiger partial charge in [-0.1, -0.05) is 26.7 Å². The molecule has 0 spiro atoms. The van der Waals surface area contributed by atoms with Gasteiger partial charge in [0.25, 0.3) is 0 Å². The average molecular weight is 269 g/mol. The Balaban J connectivity index is 2.10. The van der Waals surface area contributed by atoms with E-state index in [9.17, 15) is 4.79 Å². The third kappa shape index (κ3) is 7.56. The lowest BCUT2D eigenvalue weighted by Gasteiger charge is -2.30. The third-order valence-electron chi connectivity index (χ3n) is 3.88. The van der Waals surface area contributed by atoms with Crippen molar-refractivity contribution in [2.45, 2.75) is 71.8 Å². The van der Waals surface area contributed by atoms with E-state index in [2.05, 4.69) is 19.2 Å². The van der Waals surface area contributed by atoms with Crippen molar-refractivity contribution in [3.63, 3.8) is 0 Å². The van der Waals surface area contributed by atoms with E-state index in [4.69, 9.17) is 4.74 Å². The minimum atomic E-state index is -0.0642. The molecule has 0 heterocycles. The van der Waals surface area contributed by atoms with Crippen molar-refractivity contribution in [3.05, 3.63) is 0 Å². The Bertz CT molecular complexity index is 253. The Kier molecular flexibility index (Phi) is 8.11. The molecule has 0 saturated heterocycles. The smallest absolute Gasteiger partial charge is 0.305 e. The van der Waals surface area contributed by atoms with Crippen molar-refractivity contribution in [1.29, 1.82) is 0 Å². The largest absolute Gasteiger partial charge is 0.466 e. The van der Waals surface area contributed by atoms with Gasteiger partial charge in [0.2, 0.25) is 0 Å². The van der Waals surface area contributed by atoms with E-state index in [0.717, 1.165) is 24.8 Å². The first-order valence-electron chi connectivity index (χ1n) is 8.00. The normalized spacial score (nSPS) is 23.6. The number of ether oxygens (including phenoxy) is 1. The van der Waals surface area contributed by atoms with Gasteiger partial charge in [0, 0.05) is 12.5 Å². The molecule has 1 saturated carbocycles. The molecule has 112 valence electrons. The van der Waals surface area contributed by atoms with E-state index in [-0.39, 0.29) is 5.97 Å². The molecule has 0 radical (unpaired) electrons. The number of esters is 1. The number of hydrogen-bond acceptors (Lipinski definition) is 3. The van der Waals surface area contributed by atoms with Gasteiger partial charge in [0.05, 0.1) is 6.61 Å². The summed E-state index contributed by atoms with van der Waals surface area (Å²) < 4.78 is 4.93. The summed E-state index contributed by atoms with van der Waals surface area (Å²) in [5, 5.41) is 3.61. The Hall–Kier alpha value is -0.570. The van der Waals surface area contributed by atoms with Gasteiger partial charge in [0.15, 0.2) is 0 Å². The lowest BCUT2D eigenvalue weighted by atomic mass is 9.81. The van der Waals surface area contributed by atoms with E-state index in [1.807, 2.05) is 6.92 Å². The summed E-state index contributed by atoms with van der Waals surface area (Å²) in [7, 11) is 0. The second kappa shape index (κ2) is 9.35. The maximum absolute atomic E-state index is 11.2. The van der Waals surface area contributed by atoms with Crippen LogP contribution < -0.4 is 5.32 Å². The van der Waals surface area contributed by atoms with Gasteiger partial charge in [-0.05, 0) is 51.0 Å². The van der Waals surface area contributed by atoms with Crippen molar-refractivity contribution in [1.82, 2.24) is 5.32 Å². The fourth-order valence-corrected chi connectivity index (χ4v) is 3.13. The molecule has 0 bridgehead atoms. The van der Waals surface area contributed by atoms with Crippen LogP contribution in [0.4, 0.5) is 0 Å². The molecule has 3 heteroatoms. The molecule has 1 aliphatic rings. The van der Waals surface area contributed by atoms with Crippen LogP contribution in [0.3, 0.4) is 0 Å². The van der Waals surface area contributed by atoms with Crippen LogP contribution in [0.5, 0.6) is 0 Å². The number of nitrogens with one attached hydrogen (secondary N) is 1. The fourth-order valence-electron chi connectivity index (χ4n) is 3.13. The van der Waals surface area contributed by atoms with Crippen LogP contribution in [-0.2, 0) is 9.53 Å². The lowest BCUT2D eigenvalue weighted by molar-refractivity contribution is -0.143. The molecule has 1 fully saturated rings. The molecule has 1 aliphatic carbocycles. The number of carbonyl (C=O) groups excluding carboxylic acids is 1. The lowest BCUT2D eigenvalue weighted by Crippen LogP contribution is -2.35. The molecule has 0 aromatic carbocycles. The molecule has 0 aromatic rings. The first kappa shape index (κ1) is 16.5. The fraction of sp³-hybridized carbons (Fsp3) is 0.938. The number of rotatable bonds is 8. The third-order valence-corrected chi connectivity index (χ3v) is 3.88. The van der Waals surface area contributed by atoms with E-state index < -0.39 is 0 Å². The van der Waals surface area contributed by atoms with Gasteiger partial charge in [-0.3, -0.25) is 4.79 Å². The van der Waals surface area contributed by atoms with Gasteiger partial charge >= 0.3 is 5.97 Å². The molecule has 0 aliphatic heterocycles. The summed E-state index contributed by atoms with van der Waals surface area (Å²) in [5.74, 6) is 1.65. The highest BCUT2D eigenvalue weighted by atomic mass is 16.5. The van der Waals surface area contributed by atoms with Crippen molar-refractivity contribution in [3.8, 4) is 0 Å². The Morgan fingerprint density at radius 3 is 2.84 bits per heavy atom. The van der Waals surface area contributed by atoms with E-state index in [1.165, 1.54) is 32.1 Å². The van der Waals surface area contributed by atoms with Crippen molar-refractivity contribution >= 4 is 5.97 Å². The standard InChI is InChI=1S/C16H31NO2/c1-4-19-16(18)9-6-10-17-15-8-5-7-14(12-15)11-13(2)3/h13-15,17H,4-12H2,1-3H3. The van der Waals surface area contributed by atoms with Crippen LogP contribution in [-0.4, -0.2) is 25.2 Å². The molecule has 1 N–H and O–H groups in total. The summed E-state index contributed by atoms with van der Waals surface area (Å²) >= 11 is 0. The zero-order valence-corrected chi connectivity index (χ0v) is 12.9. The molecule has 2 unspecified atom stereocenters. The highest BCUT2D eigenvalue weighted by molar-refractivity contribution is 5.69.